The second-order valence-corrected chi connectivity index (χ2v) is 6.66. The first-order chi connectivity index (χ1) is 8.97. The van der Waals surface area contributed by atoms with E-state index in [0.717, 1.165) is 32.2 Å². The van der Waals surface area contributed by atoms with E-state index in [1.54, 1.807) is 0 Å². The Bertz CT molecular complexity index is 435. The summed E-state index contributed by atoms with van der Waals surface area (Å²) in [5.74, 6) is 1.08. The van der Waals surface area contributed by atoms with Gasteiger partial charge in [-0.25, -0.2) is 0 Å². The second kappa shape index (κ2) is 5.77. The molecule has 0 bridgehead atoms. The number of hydrogen-bond donors (Lipinski definition) is 1. The van der Waals surface area contributed by atoms with Gasteiger partial charge in [-0.1, -0.05) is 39.0 Å². The molecular weight excluding hydrogens is 234 g/mol. The lowest BCUT2D eigenvalue weighted by molar-refractivity contribution is -0.120. The van der Waals surface area contributed by atoms with Gasteiger partial charge in [0.15, 0.2) is 0 Å². The van der Waals surface area contributed by atoms with E-state index in [-0.39, 0.29) is 5.41 Å². The van der Waals surface area contributed by atoms with Crippen molar-refractivity contribution in [1.82, 2.24) is 0 Å². The summed E-state index contributed by atoms with van der Waals surface area (Å²) in [6.07, 6.45) is 3.63. The van der Waals surface area contributed by atoms with Gasteiger partial charge in [0.2, 0.25) is 0 Å². The van der Waals surface area contributed by atoms with E-state index >= 15 is 0 Å². The number of anilines is 1. The van der Waals surface area contributed by atoms with Crippen molar-refractivity contribution in [2.45, 2.75) is 51.9 Å². The lowest BCUT2D eigenvalue weighted by Crippen LogP contribution is -2.22. The third kappa shape index (κ3) is 3.82. The van der Waals surface area contributed by atoms with Crippen LogP contribution in [0.4, 0.5) is 5.69 Å². The van der Waals surface area contributed by atoms with E-state index in [9.17, 15) is 4.79 Å². The third-order valence-corrected chi connectivity index (χ3v) is 3.98. The number of ketones is 1. The Labute approximate surface area is 116 Å². The molecule has 0 aliphatic heterocycles. The summed E-state index contributed by atoms with van der Waals surface area (Å²) in [6, 6.07) is 8.55. The molecule has 1 aromatic rings. The smallest absolute Gasteiger partial charge is 0.132 e. The number of Topliss-reactive ketones (excluding diaryl/α,β-unsaturated/α-hetero) is 1. The largest absolute Gasteiger partial charge is 0.385 e. The first kappa shape index (κ1) is 14.1. The second-order valence-electron chi connectivity index (χ2n) is 6.66. The highest BCUT2D eigenvalue weighted by Crippen LogP contribution is 2.30. The van der Waals surface area contributed by atoms with Crippen molar-refractivity contribution in [3.8, 4) is 0 Å². The van der Waals surface area contributed by atoms with Gasteiger partial charge in [-0.2, -0.15) is 0 Å². The molecule has 1 saturated carbocycles. The fourth-order valence-corrected chi connectivity index (χ4v) is 2.75. The van der Waals surface area contributed by atoms with E-state index < -0.39 is 0 Å². The monoisotopic (exact) mass is 259 g/mol. The maximum absolute atomic E-state index is 11.2. The fourth-order valence-electron chi connectivity index (χ4n) is 2.75. The van der Waals surface area contributed by atoms with Gasteiger partial charge in [0, 0.05) is 25.1 Å². The summed E-state index contributed by atoms with van der Waals surface area (Å²) in [6.45, 7) is 7.72. The molecule has 0 radical (unpaired) electrons. The van der Waals surface area contributed by atoms with Crippen molar-refractivity contribution in [2.75, 3.05) is 11.9 Å². The molecule has 19 heavy (non-hydrogen) atoms. The SMILES string of the molecule is CC(C)(C)c1ccccc1NCC1CCC(=O)CC1. The summed E-state index contributed by atoms with van der Waals surface area (Å²) in [5.41, 5.74) is 2.76. The first-order valence-electron chi connectivity index (χ1n) is 7.32. The van der Waals surface area contributed by atoms with Gasteiger partial charge in [-0.15, -0.1) is 0 Å². The molecule has 2 heteroatoms. The molecule has 1 aliphatic carbocycles. The topological polar surface area (TPSA) is 29.1 Å². The molecule has 104 valence electrons. The van der Waals surface area contributed by atoms with Gasteiger partial charge < -0.3 is 5.32 Å². The lowest BCUT2D eigenvalue weighted by Gasteiger charge is -2.26. The van der Waals surface area contributed by atoms with Gasteiger partial charge in [0.1, 0.15) is 5.78 Å². The molecule has 1 aliphatic rings. The van der Waals surface area contributed by atoms with Crippen LogP contribution in [0.15, 0.2) is 24.3 Å². The molecule has 0 atom stereocenters. The van der Waals surface area contributed by atoms with Crippen molar-refractivity contribution in [3.05, 3.63) is 29.8 Å². The molecule has 2 rings (SSSR count). The fraction of sp³-hybridized carbons (Fsp3) is 0.588. The zero-order chi connectivity index (χ0) is 13.9. The molecule has 2 nitrogen and oxygen atoms in total. The highest BCUT2D eigenvalue weighted by atomic mass is 16.1. The molecule has 1 N–H and O–H groups in total. The van der Waals surface area contributed by atoms with Gasteiger partial charge in [0.25, 0.3) is 0 Å². The van der Waals surface area contributed by atoms with Crippen molar-refractivity contribution in [3.63, 3.8) is 0 Å². The summed E-state index contributed by atoms with van der Waals surface area (Å²) in [5, 5.41) is 3.59. The van der Waals surface area contributed by atoms with E-state index in [4.69, 9.17) is 0 Å². The Morgan fingerprint density at radius 3 is 2.42 bits per heavy atom. The minimum absolute atomic E-state index is 0.159. The summed E-state index contributed by atoms with van der Waals surface area (Å²) in [4.78, 5) is 11.2. The molecule has 1 fully saturated rings. The van der Waals surface area contributed by atoms with E-state index in [1.807, 2.05) is 0 Å². The number of nitrogens with one attached hydrogen (secondary N) is 1. The van der Waals surface area contributed by atoms with Crippen molar-refractivity contribution < 1.29 is 4.79 Å². The molecule has 0 amide bonds. The Morgan fingerprint density at radius 2 is 1.79 bits per heavy atom. The molecule has 0 aromatic heterocycles. The molecular formula is C17H25NO. The average Bonchev–Trinajstić information content (AvgIpc) is 2.37. The number of rotatable bonds is 3. The van der Waals surface area contributed by atoms with Crippen LogP contribution in [0.5, 0.6) is 0 Å². The Morgan fingerprint density at radius 1 is 1.16 bits per heavy atom. The Kier molecular flexibility index (Phi) is 4.28. The normalized spacial score (nSPS) is 17.5. The molecule has 0 unspecified atom stereocenters. The van der Waals surface area contributed by atoms with Crippen LogP contribution in [-0.4, -0.2) is 12.3 Å². The number of carbonyl (C=O) groups is 1. The first-order valence-corrected chi connectivity index (χ1v) is 7.32. The van der Waals surface area contributed by atoms with Crippen LogP contribution >= 0.6 is 0 Å². The Balaban J connectivity index is 1.98. The highest BCUT2D eigenvalue weighted by Gasteiger charge is 2.20. The minimum Gasteiger partial charge on any atom is -0.385 e. The van der Waals surface area contributed by atoms with Gasteiger partial charge in [-0.05, 0) is 35.8 Å². The number of benzene rings is 1. The number of para-hydroxylation sites is 1. The quantitative estimate of drug-likeness (QED) is 0.883. The molecule has 1 aromatic carbocycles. The maximum Gasteiger partial charge on any atom is 0.132 e. The predicted octanol–water partition coefficient (Wildman–Crippen LogP) is 4.16. The van der Waals surface area contributed by atoms with Crippen molar-refractivity contribution >= 4 is 11.5 Å². The zero-order valence-electron chi connectivity index (χ0n) is 12.3. The van der Waals surface area contributed by atoms with Crippen LogP contribution < -0.4 is 5.32 Å². The molecule has 0 heterocycles. The van der Waals surface area contributed by atoms with Crippen LogP contribution in [0.25, 0.3) is 0 Å². The standard InChI is InChI=1S/C17H25NO/c1-17(2,3)15-6-4-5-7-16(15)18-12-13-8-10-14(19)11-9-13/h4-7,13,18H,8-12H2,1-3H3. The van der Waals surface area contributed by atoms with Crippen LogP contribution in [0.3, 0.4) is 0 Å². The summed E-state index contributed by atoms with van der Waals surface area (Å²) < 4.78 is 0. The van der Waals surface area contributed by atoms with E-state index in [0.29, 0.717) is 11.7 Å². The maximum atomic E-state index is 11.2. The van der Waals surface area contributed by atoms with Crippen molar-refractivity contribution in [2.24, 2.45) is 5.92 Å². The van der Waals surface area contributed by atoms with Gasteiger partial charge in [-0.3, -0.25) is 4.79 Å². The third-order valence-electron chi connectivity index (χ3n) is 3.98. The van der Waals surface area contributed by atoms with Crippen LogP contribution in [0.1, 0.15) is 52.0 Å². The molecule has 0 saturated heterocycles. The minimum atomic E-state index is 0.159. The van der Waals surface area contributed by atoms with Gasteiger partial charge >= 0.3 is 0 Å². The van der Waals surface area contributed by atoms with Crippen molar-refractivity contribution in [1.29, 1.82) is 0 Å². The van der Waals surface area contributed by atoms with E-state index in [2.05, 4.69) is 50.4 Å². The van der Waals surface area contributed by atoms with Crippen LogP contribution in [-0.2, 0) is 10.2 Å². The summed E-state index contributed by atoms with van der Waals surface area (Å²) in [7, 11) is 0. The number of carbonyl (C=O) groups excluding carboxylic acids is 1. The van der Waals surface area contributed by atoms with Crippen LogP contribution in [0, 0.1) is 5.92 Å². The van der Waals surface area contributed by atoms with E-state index in [1.165, 1.54) is 11.3 Å². The average molecular weight is 259 g/mol. The summed E-state index contributed by atoms with van der Waals surface area (Å²) >= 11 is 0. The highest BCUT2D eigenvalue weighted by molar-refractivity contribution is 5.79. The van der Waals surface area contributed by atoms with Gasteiger partial charge in [0.05, 0.1) is 0 Å². The predicted molar refractivity (Wildman–Crippen MR) is 80.6 cm³/mol. The molecule has 0 spiro atoms. The Hall–Kier alpha value is -1.31. The number of hydrogen-bond acceptors (Lipinski definition) is 2. The zero-order valence-corrected chi connectivity index (χ0v) is 12.3. The lowest BCUT2D eigenvalue weighted by atomic mass is 9.85. The van der Waals surface area contributed by atoms with Crippen LogP contribution in [0.2, 0.25) is 0 Å².